The number of nitrogens with one attached hydrogen (secondary N) is 1. The average Bonchev–Trinajstić information content (AvgIpc) is 2.68. The lowest BCUT2D eigenvalue weighted by atomic mass is 10.0. The highest BCUT2D eigenvalue weighted by molar-refractivity contribution is 7.89. The molecule has 0 atom stereocenters. The molecule has 0 aliphatic heterocycles. The molecule has 0 amide bonds. The van der Waals surface area contributed by atoms with Gasteiger partial charge in [0.25, 0.3) is 0 Å². The maximum atomic E-state index is 12.2. The van der Waals surface area contributed by atoms with Crippen LogP contribution in [0, 0.1) is 5.92 Å². The van der Waals surface area contributed by atoms with Gasteiger partial charge in [-0.15, -0.1) is 0 Å². The molecule has 0 aromatic heterocycles. The Hall–Kier alpha value is -0.290. The lowest BCUT2D eigenvalue weighted by Gasteiger charge is -2.15. The molecule has 1 fully saturated rings. The molecule has 3 nitrogen and oxygen atoms in total. The molecule has 1 aliphatic rings. The van der Waals surface area contributed by atoms with E-state index in [1.54, 1.807) is 0 Å². The minimum Gasteiger partial charge on any atom is -0.211 e. The zero-order valence-corrected chi connectivity index (χ0v) is 13.6. The first-order chi connectivity index (χ1) is 9.49. The zero-order valence-electron chi connectivity index (χ0n) is 11.2. The van der Waals surface area contributed by atoms with Gasteiger partial charge >= 0.3 is 0 Å². The molecule has 6 heteroatoms. The Morgan fingerprint density at radius 2 is 1.70 bits per heavy atom. The topological polar surface area (TPSA) is 46.2 Å². The molecule has 1 aromatic rings. The van der Waals surface area contributed by atoms with E-state index >= 15 is 0 Å². The Bertz CT molecular complexity index is 552. The molecule has 112 valence electrons. The molecule has 0 heterocycles. The van der Waals surface area contributed by atoms with Crippen molar-refractivity contribution in [3.05, 3.63) is 28.2 Å². The Morgan fingerprint density at radius 3 is 2.30 bits per heavy atom. The van der Waals surface area contributed by atoms with Crippen molar-refractivity contribution >= 4 is 33.2 Å². The Balaban J connectivity index is 2.01. The minimum atomic E-state index is -3.50. The smallest absolute Gasteiger partial charge is 0.211 e. The number of sulfonamides is 1. The second-order valence-corrected chi connectivity index (χ2v) is 7.87. The van der Waals surface area contributed by atoms with Crippen LogP contribution in [0.25, 0.3) is 0 Å². The van der Waals surface area contributed by atoms with E-state index in [1.165, 1.54) is 43.9 Å². The number of rotatable bonds is 4. The van der Waals surface area contributed by atoms with Crippen LogP contribution in [0.2, 0.25) is 10.0 Å². The first kappa shape index (κ1) is 16.1. The predicted molar refractivity (Wildman–Crippen MR) is 82.8 cm³/mol. The first-order valence-electron chi connectivity index (χ1n) is 6.94. The van der Waals surface area contributed by atoms with Gasteiger partial charge in [-0.25, -0.2) is 13.1 Å². The molecule has 1 saturated carbocycles. The van der Waals surface area contributed by atoms with Crippen LogP contribution in [-0.4, -0.2) is 15.0 Å². The van der Waals surface area contributed by atoms with Crippen LogP contribution in [0.15, 0.2) is 23.1 Å². The van der Waals surface area contributed by atoms with Crippen LogP contribution < -0.4 is 4.72 Å². The van der Waals surface area contributed by atoms with Crippen molar-refractivity contribution in [3.8, 4) is 0 Å². The fraction of sp³-hybridized carbons (Fsp3) is 0.571. The summed E-state index contributed by atoms with van der Waals surface area (Å²) in [7, 11) is -3.50. The molecule has 20 heavy (non-hydrogen) atoms. The summed E-state index contributed by atoms with van der Waals surface area (Å²) >= 11 is 11.7. The summed E-state index contributed by atoms with van der Waals surface area (Å²) in [5.41, 5.74) is 0. The van der Waals surface area contributed by atoms with Crippen molar-refractivity contribution in [1.82, 2.24) is 4.72 Å². The molecule has 0 spiro atoms. The van der Waals surface area contributed by atoms with Crippen LogP contribution in [0.1, 0.15) is 38.5 Å². The van der Waals surface area contributed by atoms with Gasteiger partial charge in [-0.1, -0.05) is 48.9 Å². The van der Waals surface area contributed by atoms with E-state index in [0.29, 0.717) is 17.5 Å². The monoisotopic (exact) mass is 335 g/mol. The summed E-state index contributed by atoms with van der Waals surface area (Å²) < 4.78 is 27.1. The molecule has 0 radical (unpaired) electrons. The lowest BCUT2D eigenvalue weighted by Crippen LogP contribution is -2.29. The minimum absolute atomic E-state index is 0.167. The van der Waals surface area contributed by atoms with Crippen molar-refractivity contribution in [3.63, 3.8) is 0 Å². The van der Waals surface area contributed by atoms with E-state index in [0.717, 1.165) is 12.8 Å². The molecule has 0 bridgehead atoms. The maximum Gasteiger partial charge on any atom is 0.240 e. The average molecular weight is 336 g/mol. The molecule has 0 saturated heterocycles. The molecule has 1 aliphatic carbocycles. The van der Waals surface area contributed by atoms with Crippen molar-refractivity contribution in [2.45, 2.75) is 43.4 Å². The van der Waals surface area contributed by atoms with Crippen LogP contribution in [0.3, 0.4) is 0 Å². The summed E-state index contributed by atoms with van der Waals surface area (Å²) in [6, 6.07) is 4.37. The van der Waals surface area contributed by atoms with Crippen molar-refractivity contribution in [2.75, 3.05) is 6.54 Å². The van der Waals surface area contributed by atoms with Crippen molar-refractivity contribution in [2.24, 2.45) is 5.92 Å². The van der Waals surface area contributed by atoms with Crippen molar-refractivity contribution in [1.29, 1.82) is 0 Å². The third-order valence-electron chi connectivity index (χ3n) is 3.74. The van der Waals surface area contributed by atoms with Crippen molar-refractivity contribution < 1.29 is 8.42 Å². The first-order valence-corrected chi connectivity index (χ1v) is 9.17. The van der Waals surface area contributed by atoms with Crippen LogP contribution in [0.4, 0.5) is 0 Å². The third-order valence-corrected chi connectivity index (χ3v) is 5.90. The fourth-order valence-electron chi connectivity index (χ4n) is 2.52. The second-order valence-electron chi connectivity index (χ2n) is 5.29. The van der Waals surface area contributed by atoms with E-state index in [4.69, 9.17) is 23.2 Å². The van der Waals surface area contributed by atoms with E-state index in [-0.39, 0.29) is 9.92 Å². The van der Waals surface area contributed by atoms with Crippen LogP contribution in [-0.2, 0) is 10.0 Å². The van der Waals surface area contributed by atoms with Gasteiger partial charge in [-0.3, -0.25) is 0 Å². The van der Waals surface area contributed by atoms with Gasteiger partial charge < -0.3 is 0 Å². The highest BCUT2D eigenvalue weighted by atomic mass is 35.5. The molecular weight excluding hydrogens is 317 g/mol. The van der Waals surface area contributed by atoms with Crippen LogP contribution in [0.5, 0.6) is 0 Å². The Kier molecular flexibility index (Phi) is 5.73. The Labute approximate surface area is 130 Å². The molecular formula is C14H19Cl2NO2S. The highest BCUT2D eigenvalue weighted by Crippen LogP contribution is 2.26. The van der Waals surface area contributed by atoms with Gasteiger partial charge in [0.05, 0.1) is 14.9 Å². The summed E-state index contributed by atoms with van der Waals surface area (Å²) in [5, 5.41) is 0.610. The third kappa shape index (κ3) is 4.35. The molecule has 1 N–H and O–H groups in total. The quantitative estimate of drug-likeness (QED) is 0.836. The van der Waals surface area contributed by atoms with Crippen LogP contribution >= 0.6 is 23.2 Å². The van der Waals surface area contributed by atoms with E-state index in [9.17, 15) is 8.42 Å². The normalized spacial score (nSPS) is 17.9. The van der Waals surface area contributed by atoms with Gasteiger partial charge in [0, 0.05) is 6.54 Å². The fourth-order valence-corrected chi connectivity index (χ4v) is 4.03. The van der Waals surface area contributed by atoms with E-state index in [1.807, 2.05) is 0 Å². The predicted octanol–water partition coefficient (Wildman–Crippen LogP) is 4.24. The lowest BCUT2D eigenvalue weighted by molar-refractivity contribution is 0.451. The molecule has 2 rings (SSSR count). The molecule has 0 unspecified atom stereocenters. The number of hydrogen-bond donors (Lipinski definition) is 1. The second kappa shape index (κ2) is 7.12. The zero-order chi connectivity index (χ0) is 14.6. The summed E-state index contributed by atoms with van der Waals surface area (Å²) in [6.07, 6.45) is 7.11. The standard InChI is InChI=1S/C14H19Cl2NO2S/c15-13-8-7-12(9-14(13)16)20(18,19)17-10-11-5-3-1-2-4-6-11/h7-9,11,17H,1-6,10H2. The maximum absolute atomic E-state index is 12.2. The van der Waals surface area contributed by atoms with E-state index in [2.05, 4.69) is 4.72 Å². The van der Waals surface area contributed by atoms with Gasteiger partial charge in [-0.2, -0.15) is 0 Å². The number of halogens is 2. The largest absolute Gasteiger partial charge is 0.240 e. The highest BCUT2D eigenvalue weighted by Gasteiger charge is 2.18. The summed E-state index contributed by atoms with van der Waals surface area (Å²) in [6.45, 7) is 0.503. The van der Waals surface area contributed by atoms with Gasteiger partial charge in [0.15, 0.2) is 0 Å². The van der Waals surface area contributed by atoms with Gasteiger partial charge in [-0.05, 0) is 37.0 Å². The van der Waals surface area contributed by atoms with Gasteiger partial charge in [0.2, 0.25) is 10.0 Å². The van der Waals surface area contributed by atoms with Gasteiger partial charge in [0.1, 0.15) is 0 Å². The Morgan fingerprint density at radius 1 is 1.05 bits per heavy atom. The summed E-state index contributed by atoms with van der Waals surface area (Å²) in [4.78, 5) is 0.167. The number of hydrogen-bond acceptors (Lipinski definition) is 2. The summed E-state index contributed by atoms with van der Waals surface area (Å²) in [5.74, 6) is 0.440. The van der Waals surface area contributed by atoms with E-state index < -0.39 is 10.0 Å². The molecule has 1 aromatic carbocycles. The SMILES string of the molecule is O=S(=O)(NCC1CCCCCC1)c1ccc(Cl)c(Cl)c1. The number of benzene rings is 1.